The molecule has 0 aromatic rings. The van der Waals surface area contributed by atoms with Crippen LogP contribution in [0.1, 0.15) is 47.5 Å². The Hall–Kier alpha value is -1.93. The van der Waals surface area contributed by atoms with Crippen molar-refractivity contribution >= 4 is 17.7 Å². The van der Waals surface area contributed by atoms with Crippen LogP contribution in [0.4, 0.5) is 0 Å². The number of β-amino-alcohol motifs (C(OH)–C–C–N with tert-alkyl or cyclic N) is 1. The third-order valence-electron chi connectivity index (χ3n) is 2.34. The van der Waals surface area contributed by atoms with E-state index >= 15 is 0 Å². The SMILES string of the molecule is CCC/C(C)=N\OCC(O)CNC(C)(C)C.O=C(O)/C=C\C(=O)O. The van der Waals surface area contributed by atoms with Crippen molar-refractivity contribution < 1.29 is 29.7 Å². The summed E-state index contributed by atoms with van der Waals surface area (Å²) in [5.41, 5.74) is 0.987. The van der Waals surface area contributed by atoms with Crippen LogP contribution in [0.15, 0.2) is 17.3 Å². The molecule has 0 aliphatic rings. The molecule has 0 bridgehead atoms. The maximum Gasteiger partial charge on any atom is 0.328 e. The van der Waals surface area contributed by atoms with Gasteiger partial charge in [0, 0.05) is 24.2 Å². The molecule has 140 valence electrons. The highest BCUT2D eigenvalue weighted by Gasteiger charge is 2.12. The number of carboxylic acid groups (broad SMARTS) is 2. The standard InChI is InChI=1S/C12H26N2O2.C4H4O4/c1-6-7-10(2)14-16-9-11(15)8-13-12(3,4)5;5-3(6)1-2-4(7)8/h11,13,15H,6-9H2,1-5H3;1-2H,(H,5,6)(H,7,8)/b14-10-;2-1-. The number of hydrogen-bond donors (Lipinski definition) is 4. The summed E-state index contributed by atoms with van der Waals surface area (Å²) in [5, 5.41) is 32.4. The van der Waals surface area contributed by atoms with Crippen molar-refractivity contribution in [1.82, 2.24) is 5.32 Å². The van der Waals surface area contributed by atoms with Crippen LogP contribution >= 0.6 is 0 Å². The summed E-state index contributed by atoms with van der Waals surface area (Å²) in [5.74, 6) is -2.51. The molecule has 0 aliphatic carbocycles. The van der Waals surface area contributed by atoms with Crippen molar-refractivity contribution in [2.75, 3.05) is 13.2 Å². The third-order valence-corrected chi connectivity index (χ3v) is 2.34. The van der Waals surface area contributed by atoms with E-state index in [0.29, 0.717) is 18.7 Å². The van der Waals surface area contributed by atoms with Crippen LogP contribution < -0.4 is 5.32 Å². The summed E-state index contributed by atoms with van der Waals surface area (Å²) in [6.07, 6.45) is 2.60. The molecule has 0 aromatic heterocycles. The van der Waals surface area contributed by atoms with Gasteiger partial charge in [-0.3, -0.25) is 0 Å². The normalized spacial score (nSPS) is 13.2. The summed E-state index contributed by atoms with van der Waals surface area (Å²) in [4.78, 5) is 24.2. The second kappa shape index (κ2) is 13.5. The van der Waals surface area contributed by atoms with E-state index in [-0.39, 0.29) is 12.1 Å². The fourth-order valence-corrected chi connectivity index (χ4v) is 1.27. The first-order valence-electron chi connectivity index (χ1n) is 7.70. The maximum atomic E-state index is 9.60. The van der Waals surface area contributed by atoms with Crippen LogP contribution in [0.25, 0.3) is 0 Å². The van der Waals surface area contributed by atoms with Gasteiger partial charge in [0.25, 0.3) is 0 Å². The van der Waals surface area contributed by atoms with Gasteiger partial charge in [0.1, 0.15) is 12.7 Å². The zero-order chi connectivity index (χ0) is 19.2. The molecule has 0 saturated carbocycles. The van der Waals surface area contributed by atoms with Crippen molar-refractivity contribution in [1.29, 1.82) is 0 Å². The van der Waals surface area contributed by atoms with Gasteiger partial charge in [0.2, 0.25) is 0 Å². The highest BCUT2D eigenvalue weighted by molar-refractivity contribution is 5.89. The van der Waals surface area contributed by atoms with Gasteiger partial charge in [-0.2, -0.15) is 0 Å². The zero-order valence-electron chi connectivity index (χ0n) is 15.1. The van der Waals surface area contributed by atoms with E-state index in [0.717, 1.165) is 18.6 Å². The van der Waals surface area contributed by atoms with Crippen LogP contribution in [0, 0.1) is 0 Å². The number of aliphatic hydroxyl groups is 1. The number of carbonyl (C=O) groups is 2. The molecule has 0 rings (SSSR count). The molecule has 4 N–H and O–H groups in total. The molecule has 8 heteroatoms. The first-order chi connectivity index (χ1) is 11.0. The number of aliphatic carboxylic acids is 2. The molecule has 0 fully saturated rings. The number of hydrogen-bond acceptors (Lipinski definition) is 6. The van der Waals surface area contributed by atoms with Crippen molar-refractivity contribution in [3.8, 4) is 0 Å². The van der Waals surface area contributed by atoms with Crippen molar-refractivity contribution in [2.45, 2.75) is 59.1 Å². The Balaban J connectivity index is 0. The van der Waals surface area contributed by atoms with Crippen molar-refractivity contribution in [2.24, 2.45) is 5.16 Å². The summed E-state index contributed by atoms with van der Waals surface area (Å²) in [7, 11) is 0. The molecule has 0 aromatic carbocycles. The van der Waals surface area contributed by atoms with E-state index in [9.17, 15) is 14.7 Å². The van der Waals surface area contributed by atoms with Crippen LogP contribution in [0.3, 0.4) is 0 Å². The smallest absolute Gasteiger partial charge is 0.328 e. The maximum absolute atomic E-state index is 9.60. The van der Waals surface area contributed by atoms with Crippen LogP contribution in [-0.4, -0.2) is 57.8 Å². The Morgan fingerprint density at radius 3 is 2.08 bits per heavy atom. The topological polar surface area (TPSA) is 128 Å². The monoisotopic (exact) mass is 346 g/mol. The largest absolute Gasteiger partial charge is 0.478 e. The average molecular weight is 346 g/mol. The predicted octanol–water partition coefficient (Wildman–Crippen LogP) is 1.64. The number of nitrogens with one attached hydrogen (secondary N) is 1. The zero-order valence-corrected chi connectivity index (χ0v) is 15.1. The Kier molecular flexibility index (Phi) is 13.7. The first-order valence-corrected chi connectivity index (χ1v) is 7.70. The lowest BCUT2D eigenvalue weighted by Crippen LogP contribution is -2.42. The lowest BCUT2D eigenvalue weighted by atomic mass is 10.1. The number of rotatable bonds is 9. The summed E-state index contributed by atoms with van der Waals surface area (Å²) >= 11 is 0. The number of aliphatic hydroxyl groups excluding tert-OH is 1. The van der Waals surface area contributed by atoms with E-state index in [1.54, 1.807) is 0 Å². The third kappa shape index (κ3) is 22.4. The minimum Gasteiger partial charge on any atom is -0.478 e. The van der Waals surface area contributed by atoms with E-state index in [2.05, 4.69) is 38.2 Å². The van der Waals surface area contributed by atoms with Gasteiger partial charge in [-0.15, -0.1) is 0 Å². The van der Waals surface area contributed by atoms with Crippen molar-refractivity contribution in [3.05, 3.63) is 12.2 Å². The summed E-state index contributed by atoms with van der Waals surface area (Å²) < 4.78 is 0. The Morgan fingerprint density at radius 2 is 1.71 bits per heavy atom. The molecular weight excluding hydrogens is 316 g/mol. The molecule has 0 amide bonds. The molecule has 0 saturated heterocycles. The van der Waals surface area contributed by atoms with Gasteiger partial charge < -0.3 is 25.5 Å². The molecule has 24 heavy (non-hydrogen) atoms. The van der Waals surface area contributed by atoms with Crippen LogP contribution in [0.2, 0.25) is 0 Å². The molecule has 0 heterocycles. The minimum absolute atomic E-state index is 0.0162. The second-order valence-electron chi connectivity index (χ2n) is 6.17. The second-order valence-corrected chi connectivity index (χ2v) is 6.17. The minimum atomic E-state index is -1.26. The Bertz CT molecular complexity index is 411. The quantitative estimate of drug-likeness (QED) is 0.284. The molecule has 0 aliphatic heterocycles. The highest BCUT2D eigenvalue weighted by Crippen LogP contribution is 1.99. The fourth-order valence-electron chi connectivity index (χ4n) is 1.27. The highest BCUT2D eigenvalue weighted by atomic mass is 16.6. The average Bonchev–Trinajstić information content (AvgIpc) is 2.43. The summed E-state index contributed by atoms with van der Waals surface area (Å²) in [6, 6.07) is 0. The molecule has 8 nitrogen and oxygen atoms in total. The fraction of sp³-hybridized carbons (Fsp3) is 0.688. The number of carboxylic acids is 2. The van der Waals surface area contributed by atoms with Gasteiger partial charge in [0.15, 0.2) is 0 Å². The number of oxime groups is 1. The predicted molar refractivity (Wildman–Crippen MR) is 92.1 cm³/mol. The van der Waals surface area contributed by atoms with Gasteiger partial charge in [0.05, 0.1) is 5.71 Å². The molecule has 1 unspecified atom stereocenters. The van der Waals surface area contributed by atoms with Crippen molar-refractivity contribution in [3.63, 3.8) is 0 Å². The van der Waals surface area contributed by atoms with Crippen LogP contribution in [-0.2, 0) is 14.4 Å². The van der Waals surface area contributed by atoms with Gasteiger partial charge >= 0.3 is 11.9 Å². The Morgan fingerprint density at radius 1 is 1.21 bits per heavy atom. The van der Waals surface area contributed by atoms with Gasteiger partial charge in [-0.05, 0) is 34.1 Å². The van der Waals surface area contributed by atoms with E-state index in [1.807, 2.05) is 6.92 Å². The first kappa shape index (κ1) is 24.3. The molecule has 0 radical (unpaired) electrons. The molecular formula is C16H30N2O6. The lowest BCUT2D eigenvalue weighted by Gasteiger charge is -2.22. The van der Waals surface area contributed by atoms with Crippen LogP contribution in [0.5, 0.6) is 0 Å². The number of nitrogens with zero attached hydrogens (tertiary/aromatic N) is 1. The Labute approximate surface area is 143 Å². The molecule has 1 atom stereocenters. The van der Waals surface area contributed by atoms with Gasteiger partial charge in [-0.1, -0.05) is 18.5 Å². The lowest BCUT2D eigenvalue weighted by molar-refractivity contribution is -0.134. The van der Waals surface area contributed by atoms with Gasteiger partial charge in [-0.25, -0.2) is 9.59 Å². The molecule has 0 spiro atoms. The summed E-state index contributed by atoms with van der Waals surface area (Å²) in [6.45, 7) is 11.0. The van der Waals surface area contributed by atoms with E-state index < -0.39 is 18.0 Å². The van der Waals surface area contributed by atoms with E-state index in [4.69, 9.17) is 15.1 Å². The van der Waals surface area contributed by atoms with E-state index in [1.165, 1.54) is 0 Å².